The molecule has 0 bridgehead atoms. The average molecular weight is 524 g/mol. The highest BCUT2D eigenvalue weighted by atomic mass is 127. The van der Waals surface area contributed by atoms with Gasteiger partial charge >= 0.3 is 0 Å². The van der Waals surface area contributed by atoms with Crippen molar-refractivity contribution in [3.05, 3.63) is 59.7 Å². The Bertz CT molecular complexity index is 795. The number of hydrogen-bond acceptors (Lipinski definition) is 4. The summed E-state index contributed by atoms with van der Waals surface area (Å²) in [6.07, 6.45) is 2.54. The van der Waals surface area contributed by atoms with Gasteiger partial charge < -0.3 is 20.1 Å². The topological polar surface area (TPSA) is 58.1 Å². The Morgan fingerprint density at radius 2 is 1.73 bits per heavy atom. The summed E-state index contributed by atoms with van der Waals surface area (Å²) >= 11 is 0. The summed E-state index contributed by atoms with van der Waals surface area (Å²) in [5.74, 6) is 2.25. The van der Waals surface area contributed by atoms with Crippen LogP contribution in [0.25, 0.3) is 0 Å². The number of rotatable bonds is 8. The first-order valence-electron chi connectivity index (χ1n) is 10.2. The Morgan fingerprint density at radius 1 is 1.00 bits per heavy atom. The number of nitrogens with one attached hydrogen (secondary N) is 2. The van der Waals surface area contributed by atoms with Gasteiger partial charge in [0.2, 0.25) is 0 Å². The first-order chi connectivity index (χ1) is 14.3. The molecule has 1 aliphatic heterocycles. The molecule has 1 atom stereocenters. The molecule has 1 unspecified atom stereocenters. The van der Waals surface area contributed by atoms with Crippen molar-refractivity contribution >= 4 is 29.9 Å². The summed E-state index contributed by atoms with van der Waals surface area (Å²) < 4.78 is 10.9. The first-order valence-corrected chi connectivity index (χ1v) is 10.2. The third-order valence-corrected chi connectivity index (χ3v) is 5.38. The van der Waals surface area contributed by atoms with Gasteiger partial charge in [0.25, 0.3) is 0 Å². The number of nitrogens with zero attached hydrogens (tertiary/aromatic N) is 2. The lowest BCUT2D eigenvalue weighted by molar-refractivity contribution is 0.245. The molecule has 2 N–H and O–H groups in total. The second-order valence-corrected chi connectivity index (χ2v) is 7.13. The van der Waals surface area contributed by atoms with Crippen LogP contribution in [0.4, 0.5) is 0 Å². The minimum Gasteiger partial charge on any atom is -0.493 e. The molecule has 2 aromatic carbocycles. The van der Waals surface area contributed by atoms with E-state index in [-0.39, 0.29) is 24.0 Å². The van der Waals surface area contributed by atoms with Crippen LogP contribution in [0, 0.1) is 0 Å². The number of likely N-dealkylation sites (tertiary alicyclic amines) is 1. The number of guanidine groups is 1. The molecule has 6 nitrogen and oxygen atoms in total. The molecule has 1 fully saturated rings. The predicted molar refractivity (Wildman–Crippen MR) is 133 cm³/mol. The molecule has 1 aliphatic rings. The molecule has 0 aliphatic carbocycles. The molecular weight excluding hydrogens is 491 g/mol. The van der Waals surface area contributed by atoms with Crippen LogP contribution < -0.4 is 20.1 Å². The van der Waals surface area contributed by atoms with Gasteiger partial charge in [0.15, 0.2) is 17.5 Å². The van der Waals surface area contributed by atoms with Crippen molar-refractivity contribution in [2.75, 3.05) is 40.9 Å². The molecular formula is C23H33IN4O2. The molecule has 1 heterocycles. The number of benzene rings is 2. The molecule has 0 radical (unpaired) electrons. The Hall–Kier alpha value is -2.00. The molecule has 1 saturated heterocycles. The Labute approximate surface area is 197 Å². The van der Waals surface area contributed by atoms with Crippen LogP contribution in [0.2, 0.25) is 0 Å². The van der Waals surface area contributed by atoms with Crippen molar-refractivity contribution in [1.29, 1.82) is 0 Å². The third kappa shape index (κ3) is 6.25. The van der Waals surface area contributed by atoms with E-state index < -0.39 is 0 Å². The van der Waals surface area contributed by atoms with E-state index in [4.69, 9.17) is 9.47 Å². The van der Waals surface area contributed by atoms with E-state index in [2.05, 4.69) is 50.9 Å². The summed E-state index contributed by atoms with van der Waals surface area (Å²) in [6, 6.07) is 16.9. The minimum absolute atomic E-state index is 0. The van der Waals surface area contributed by atoms with Gasteiger partial charge in [-0.25, -0.2) is 0 Å². The van der Waals surface area contributed by atoms with E-state index in [1.165, 1.54) is 18.4 Å². The number of halogens is 1. The van der Waals surface area contributed by atoms with Crippen LogP contribution in [0.1, 0.15) is 30.0 Å². The quantitative estimate of drug-likeness (QED) is 0.313. The van der Waals surface area contributed by atoms with Gasteiger partial charge in [0.1, 0.15) is 0 Å². The maximum absolute atomic E-state index is 5.52. The van der Waals surface area contributed by atoms with Crippen molar-refractivity contribution < 1.29 is 9.47 Å². The van der Waals surface area contributed by atoms with Gasteiger partial charge in [0, 0.05) is 25.7 Å². The number of para-hydroxylation sites is 1. The van der Waals surface area contributed by atoms with E-state index in [1.54, 1.807) is 21.3 Å². The molecule has 7 heteroatoms. The van der Waals surface area contributed by atoms with Crippen molar-refractivity contribution in [2.24, 2.45) is 4.99 Å². The van der Waals surface area contributed by atoms with Crippen molar-refractivity contribution in [2.45, 2.75) is 25.4 Å². The molecule has 0 saturated carbocycles. The van der Waals surface area contributed by atoms with Gasteiger partial charge in [-0.2, -0.15) is 0 Å². The number of aliphatic imine (C=N–C) groups is 1. The van der Waals surface area contributed by atoms with Gasteiger partial charge in [-0.05, 0) is 37.6 Å². The van der Waals surface area contributed by atoms with Crippen LogP contribution in [-0.4, -0.2) is 51.8 Å². The highest BCUT2D eigenvalue weighted by molar-refractivity contribution is 14.0. The zero-order valence-electron chi connectivity index (χ0n) is 18.1. The lowest BCUT2D eigenvalue weighted by atomic mass is 10.1. The minimum atomic E-state index is 0. The van der Waals surface area contributed by atoms with Gasteiger partial charge in [0.05, 0.1) is 20.3 Å². The summed E-state index contributed by atoms with van der Waals surface area (Å²) in [5.41, 5.74) is 2.36. The van der Waals surface area contributed by atoms with E-state index in [0.29, 0.717) is 12.6 Å². The molecule has 0 amide bonds. The third-order valence-electron chi connectivity index (χ3n) is 5.38. The fourth-order valence-electron chi connectivity index (χ4n) is 3.87. The largest absolute Gasteiger partial charge is 0.493 e. The number of hydrogen-bond donors (Lipinski definition) is 2. The zero-order valence-corrected chi connectivity index (χ0v) is 20.4. The molecule has 0 spiro atoms. The van der Waals surface area contributed by atoms with E-state index in [0.717, 1.165) is 42.7 Å². The van der Waals surface area contributed by atoms with E-state index in [9.17, 15) is 0 Å². The van der Waals surface area contributed by atoms with Crippen molar-refractivity contribution in [1.82, 2.24) is 15.5 Å². The second kappa shape index (κ2) is 12.6. The van der Waals surface area contributed by atoms with Gasteiger partial charge in [-0.15, -0.1) is 24.0 Å². The van der Waals surface area contributed by atoms with E-state index in [1.807, 2.05) is 18.2 Å². The lowest BCUT2D eigenvalue weighted by Gasteiger charge is -2.29. The molecule has 164 valence electrons. The Morgan fingerprint density at radius 3 is 2.37 bits per heavy atom. The van der Waals surface area contributed by atoms with Gasteiger partial charge in [-0.1, -0.05) is 42.5 Å². The Kier molecular flexibility index (Phi) is 10.2. The molecule has 2 aromatic rings. The highest BCUT2D eigenvalue weighted by Crippen LogP contribution is 2.30. The molecule has 30 heavy (non-hydrogen) atoms. The highest BCUT2D eigenvalue weighted by Gasteiger charge is 2.23. The van der Waals surface area contributed by atoms with Gasteiger partial charge in [-0.3, -0.25) is 9.89 Å². The maximum atomic E-state index is 5.52. The summed E-state index contributed by atoms with van der Waals surface area (Å²) in [6.45, 7) is 3.70. The predicted octanol–water partition coefficient (Wildman–Crippen LogP) is 3.82. The number of methoxy groups -OCH3 is 2. The smallest absolute Gasteiger partial charge is 0.191 e. The van der Waals surface area contributed by atoms with Crippen molar-refractivity contribution in [3.63, 3.8) is 0 Å². The molecule has 3 rings (SSSR count). The van der Waals surface area contributed by atoms with Crippen LogP contribution >= 0.6 is 24.0 Å². The van der Waals surface area contributed by atoms with Crippen LogP contribution in [0.5, 0.6) is 11.5 Å². The summed E-state index contributed by atoms with van der Waals surface area (Å²) in [5, 5.41) is 6.90. The maximum Gasteiger partial charge on any atom is 0.191 e. The zero-order chi connectivity index (χ0) is 20.5. The summed E-state index contributed by atoms with van der Waals surface area (Å²) in [4.78, 5) is 6.95. The SMILES string of the molecule is CN=C(NCc1cccc(OC)c1OC)NCC(c1ccccc1)N1CCCC1.I. The standard InChI is InChI=1S/C23H32N4O2.HI/c1-24-23(25-16-19-12-9-13-21(28-2)22(19)29-3)26-17-20(27-14-7-8-15-27)18-10-5-4-6-11-18;/h4-6,9-13,20H,7-8,14-17H2,1-3H3,(H2,24,25,26);1H. The van der Waals surface area contributed by atoms with Crippen LogP contribution in [0.3, 0.4) is 0 Å². The normalized spacial score (nSPS) is 15.2. The fourth-order valence-corrected chi connectivity index (χ4v) is 3.87. The van der Waals surface area contributed by atoms with Crippen molar-refractivity contribution in [3.8, 4) is 11.5 Å². The monoisotopic (exact) mass is 524 g/mol. The molecule has 0 aromatic heterocycles. The van der Waals surface area contributed by atoms with Crippen LogP contribution in [0.15, 0.2) is 53.5 Å². The summed E-state index contributed by atoms with van der Waals surface area (Å²) in [7, 11) is 5.11. The number of ether oxygens (including phenoxy) is 2. The van der Waals surface area contributed by atoms with E-state index >= 15 is 0 Å². The van der Waals surface area contributed by atoms with Crippen LogP contribution in [-0.2, 0) is 6.54 Å². The fraction of sp³-hybridized carbons (Fsp3) is 0.435. The first kappa shape index (κ1) is 24.3. The Balaban J connectivity index is 0.00000320. The average Bonchev–Trinajstić information content (AvgIpc) is 3.31. The second-order valence-electron chi connectivity index (χ2n) is 7.13. The lowest BCUT2D eigenvalue weighted by Crippen LogP contribution is -2.42.